The lowest BCUT2D eigenvalue weighted by molar-refractivity contribution is 0.0793. The minimum atomic E-state index is -3.07. The highest BCUT2D eigenvalue weighted by atomic mass is 32.2. The van der Waals surface area contributed by atoms with Crippen LogP contribution in [0.2, 0.25) is 0 Å². The highest BCUT2D eigenvalue weighted by Crippen LogP contribution is 2.23. The molecule has 1 amide bonds. The predicted molar refractivity (Wildman–Crippen MR) is 82.9 cm³/mol. The van der Waals surface area contributed by atoms with Crippen LogP contribution in [0.4, 0.5) is 0 Å². The molecule has 1 unspecified atom stereocenters. The van der Waals surface area contributed by atoms with E-state index in [4.69, 9.17) is 0 Å². The smallest absolute Gasteiger partial charge is 0.253 e. The van der Waals surface area contributed by atoms with E-state index in [0.717, 1.165) is 12.8 Å². The van der Waals surface area contributed by atoms with Crippen molar-refractivity contribution in [1.29, 1.82) is 0 Å². The molecule has 1 atom stereocenters. The maximum absolute atomic E-state index is 12.5. The second kappa shape index (κ2) is 5.30. The molecule has 1 aromatic carbocycles. The summed E-state index contributed by atoms with van der Waals surface area (Å²) in [7, 11) is -3.07. The van der Waals surface area contributed by atoms with Crippen molar-refractivity contribution in [2.24, 2.45) is 0 Å². The van der Waals surface area contributed by atoms with Crippen LogP contribution in [0.1, 0.15) is 34.3 Å². The number of sulfone groups is 1. The average molecular weight is 305 g/mol. The first-order chi connectivity index (χ1) is 9.95. The third-order valence-electron chi connectivity index (χ3n) is 4.31. The van der Waals surface area contributed by atoms with Crippen molar-refractivity contribution in [3.05, 3.63) is 41.0 Å². The number of aryl methyl sites for hydroxylation is 1. The summed E-state index contributed by atoms with van der Waals surface area (Å²) in [5, 5.41) is -0.415. The molecule has 3 rings (SSSR count). The molecule has 1 aromatic rings. The van der Waals surface area contributed by atoms with E-state index in [2.05, 4.69) is 12.2 Å². The van der Waals surface area contributed by atoms with Gasteiger partial charge in [-0.2, -0.15) is 0 Å². The van der Waals surface area contributed by atoms with Crippen LogP contribution in [0.5, 0.6) is 0 Å². The Balaban J connectivity index is 1.79. The van der Waals surface area contributed by atoms with Gasteiger partial charge in [0.15, 0.2) is 9.84 Å². The van der Waals surface area contributed by atoms with Crippen LogP contribution >= 0.6 is 0 Å². The first-order valence-electron chi connectivity index (χ1n) is 7.23. The van der Waals surface area contributed by atoms with Gasteiger partial charge in [-0.1, -0.05) is 18.2 Å². The van der Waals surface area contributed by atoms with E-state index in [1.54, 1.807) is 4.90 Å². The standard InChI is InChI=1S/C16H19NO3S/c1-21(19,20)15-8-9-17(11-15)16(18)14-7-6-12-4-2-3-5-13(12)10-14/h2,4,6-7,10,15H,3,5,8-9,11H2,1H3. The third kappa shape index (κ3) is 2.88. The molecule has 1 aliphatic carbocycles. The van der Waals surface area contributed by atoms with Gasteiger partial charge >= 0.3 is 0 Å². The van der Waals surface area contributed by atoms with E-state index in [0.29, 0.717) is 25.1 Å². The Hall–Kier alpha value is -1.62. The molecule has 0 N–H and O–H groups in total. The Kier molecular flexibility index (Phi) is 3.61. The minimum absolute atomic E-state index is 0.0569. The maximum atomic E-state index is 12.5. The van der Waals surface area contributed by atoms with Crippen molar-refractivity contribution in [3.8, 4) is 0 Å². The van der Waals surface area contributed by atoms with E-state index in [1.807, 2.05) is 18.2 Å². The van der Waals surface area contributed by atoms with Crippen LogP contribution in [0.25, 0.3) is 6.08 Å². The van der Waals surface area contributed by atoms with Gasteiger partial charge in [-0.25, -0.2) is 8.42 Å². The lowest BCUT2D eigenvalue weighted by atomic mass is 9.95. The van der Waals surface area contributed by atoms with Gasteiger partial charge in [-0.05, 0) is 42.5 Å². The molecule has 4 nitrogen and oxygen atoms in total. The number of amides is 1. The highest BCUT2D eigenvalue weighted by Gasteiger charge is 2.33. The van der Waals surface area contributed by atoms with Crippen LogP contribution < -0.4 is 0 Å². The molecule has 1 heterocycles. The maximum Gasteiger partial charge on any atom is 0.253 e. The Morgan fingerprint density at radius 1 is 1.33 bits per heavy atom. The molecule has 2 aliphatic rings. The monoisotopic (exact) mass is 305 g/mol. The number of allylic oxidation sites excluding steroid dienone is 1. The molecule has 21 heavy (non-hydrogen) atoms. The molecule has 0 aromatic heterocycles. The third-order valence-corrected chi connectivity index (χ3v) is 5.90. The Labute approximate surface area is 125 Å². The fourth-order valence-electron chi connectivity index (χ4n) is 3.01. The SMILES string of the molecule is CS(=O)(=O)C1CCN(C(=O)c2ccc3c(c2)CCC=C3)C1. The van der Waals surface area contributed by atoms with Crippen molar-refractivity contribution in [1.82, 2.24) is 4.90 Å². The Bertz CT molecular complexity index is 706. The number of hydrogen-bond donors (Lipinski definition) is 0. The van der Waals surface area contributed by atoms with Gasteiger partial charge in [0.1, 0.15) is 0 Å². The van der Waals surface area contributed by atoms with Gasteiger partial charge in [0.05, 0.1) is 5.25 Å². The fraction of sp³-hybridized carbons (Fsp3) is 0.438. The number of carbonyl (C=O) groups is 1. The molecular weight excluding hydrogens is 286 g/mol. The summed E-state index contributed by atoms with van der Waals surface area (Å²) in [4.78, 5) is 14.2. The lowest BCUT2D eigenvalue weighted by Crippen LogP contribution is -2.31. The molecule has 0 radical (unpaired) electrons. The van der Waals surface area contributed by atoms with Crippen molar-refractivity contribution < 1.29 is 13.2 Å². The van der Waals surface area contributed by atoms with Gasteiger partial charge in [0.25, 0.3) is 5.91 Å². The van der Waals surface area contributed by atoms with Crippen molar-refractivity contribution in [3.63, 3.8) is 0 Å². The van der Waals surface area contributed by atoms with E-state index >= 15 is 0 Å². The molecular formula is C16H19NO3S. The van der Waals surface area contributed by atoms with Gasteiger partial charge in [-0.15, -0.1) is 0 Å². The normalized spacial score (nSPS) is 21.4. The second-order valence-corrected chi connectivity index (χ2v) is 8.17. The van der Waals surface area contributed by atoms with Crippen LogP contribution in [-0.2, 0) is 16.3 Å². The quantitative estimate of drug-likeness (QED) is 0.838. The number of hydrogen-bond acceptors (Lipinski definition) is 3. The summed E-state index contributed by atoms with van der Waals surface area (Å²) < 4.78 is 23.2. The van der Waals surface area contributed by atoms with E-state index in [9.17, 15) is 13.2 Å². The van der Waals surface area contributed by atoms with Crippen molar-refractivity contribution in [2.75, 3.05) is 19.3 Å². The Morgan fingerprint density at radius 3 is 2.86 bits per heavy atom. The number of nitrogens with zero attached hydrogens (tertiary/aromatic N) is 1. The van der Waals surface area contributed by atoms with Crippen LogP contribution in [0, 0.1) is 0 Å². The number of rotatable bonds is 2. The summed E-state index contributed by atoms with van der Waals surface area (Å²) >= 11 is 0. The first-order valence-corrected chi connectivity index (χ1v) is 9.18. The second-order valence-electron chi connectivity index (χ2n) is 5.85. The predicted octanol–water partition coefficient (Wildman–Crippen LogP) is 1.91. The van der Waals surface area contributed by atoms with Crippen LogP contribution in [-0.4, -0.2) is 43.8 Å². The zero-order valence-corrected chi connectivity index (χ0v) is 12.9. The van der Waals surface area contributed by atoms with E-state index in [-0.39, 0.29) is 5.91 Å². The summed E-state index contributed by atoms with van der Waals surface area (Å²) in [6, 6.07) is 5.77. The van der Waals surface area contributed by atoms with Gasteiger partial charge in [0, 0.05) is 24.9 Å². The van der Waals surface area contributed by atoms with Crippen LogP contribution in [0.3, 0.4) is 0 Å². The zero-order chi connectivity index (χ0) is 15.0. The van der Waals surface area contributed by atoms with E-state index in [1.165, 1.54) is 17.4 Å². The number of benzene rings is 1. The molecule has 0 spiro atoms. The number of carbonyl (C=O) groups excluding carboxylic acids is 1. The topological polar surface area (TPSA) is 54.5 Å². The molecule has 1 aliphatic heterocycles. The van der Waals surface area contributed by atoms with Gasteiger partial charge in [-0.3, -0.25) is 4.79 Å². The summed E-state index contributed by atoms with van der Waals surface area (Å²) in [5.74, 6) is -0.0569. The molecule has 1 saturated heterocycles. The first kappa shape index (κ1) is 14.3. The fourth-order valence-corrected chi connectivity index (χ4v) is 4.00. The highest BCUT2D eigenvalue weighted by molar-refractivity contribution is 7.91. The molecule has 1 fully saturated rings. The largest absolute Gasteiger partial charge is 0.337 e. The van der Waals surface area contributed by atoms with Gasteiger partial charge in [0.2, 0.25) is 0 Å². The number of fused-ring (bicyclic) bond motifs is 1. The zero-order valence-electron chi connectivity index (χ0n) is 12.1. The van der Waals surface area contributed by atoms with Crippen LogP contribution in [0.15, 0.2) is 24.3 Å². The van der Waals surface area contributed by atoms with Crippen molar-refractivity contribution >= 4 is 21.8 Å². The summed E-state index contributed by atoms with van der Waals surface area (Å²) in [6.45, 7) is 0.836. The van der Waals surface area contributed by atoms with E-state index < -0.39 is 15.1 Å². The molecule has 112 valence electrons. The summed E-state index contributed by atoms with van der Waals surface area (Å²) in [5.41, 5.74) is 3.04. The molecule has 0 saturated carbocycles. The van der Waals surface area contributed by atoms with Gasteiger partial charge < -0.3 is 4.90 Å². The molecule has 5 heteroatoms. The minimum Gasteiger partial charge on any atom is -0.337 e. The number of likely N-dealkylation sites (tertiary alicyclic amines) is 1. The van der Waals surface area contributed by atoms with Crippen molar-refractivity contribution in [2.45, 2.75) is 24.5 Å². The summed E-state index contributed by atoms with van der Waals surface area (Å²) in [6.07, 6.45) is 7.97. The lowest BCUT2D eigenvalue weighted by Gasteiger charge is -2.18. The average Bonchev–Trinajstić information content (AvgIpc) is 2.96. The Morgan fingerprint density at radius 2 is 2.14 bits per heavy atom. The molecule has 0 bridgehead atoms.